The molecule has 0 bridgehead atoms. The Balaban J connectivity index is 1.73. The molecule has 146 valence electrons. The summed E-state index contributed by atoms with van der Waals surface area (Å²) in [7, 11) is 0. The molecule has 0 saturated carbocycles. The van der Waals surface area contributed by atoms with Gasteiger partial charge in [0.15, 0.2) is 11.3 Å². The van der Waals surface area contributed by atoms with Crippen LogP contribution in [0.25, 0.3) is 21.6 Å². The lowest BCUT2D eigenvalue weighted by Crippen LogP contribution is -2.14. The van der Waals surface area contributed by atoms with E-state index in [1.165, 1.54) is 23.6 Å². The van der Waals surface area contributed by atoms with Gasteiger partial charge in [-0.25, -0.2) is 4.79 Å². The van der Waals surface area contributed by atoms with Crippen molar-refractivity contribution in [3.05, 3.63) is 59.0 Å². The summed E-state index contributed by atoms with van der Waals surface area (Å²) in [6.07, 6.45) is 0. The van der Waals surface area contributed by atoms with Gasteiger partial charge in [0.1, 0.15) is 11.3 Å². The molecule has 0 spiro atoms. The predicted molar refractivity (Wildman–Crippen MR) is 114 cm³/mol. The molecule has 0 aliphatic carbocycles. The summed E-state index contributed by atoms with van der Waals surface area (Å²) in [5, 5.41) is 24.4. The van der Waals surface area contributed by atoms with E-state index in [9.17, 15) is 19.8 Å². The lowest BCUT2D eigenvalue weighted by atomic mass is 10.1. The number of hydrogen-bond acceptors (Lipinski definition) is 7. The Labute approximate surface area is 173 Å². The predicted octanol–water partition coefficient (Wildman–Crippen LogP) is 4.69. The number of benzene rings is 2. The highest BCUT2D eigenvalue weighted by Gasteiger charge is 2.24. The highest BCUT2D eigenvalue weighted by atomic mass is 32.1. The van der Waals surface area contributed by atoms with Gasteiger partial charge in [0.25, 0.3) is 5.91 Å². The minimum absolute atomic E-state index is 0.0402. The van der Waals surface area contributed by atoms with Gasteiger partial charge in [-0.2, -0.15) is 0 Å². The van der Waals surface area contributed by atoms with Gasteiger partial charge in [0.2, 0.25) is 0 Å². The van der Waals surface area contributed by atoms with Crippen LogP contribution in [-0.2, 0) is 0 Å². The molecule has 4 rings (SSSR count). The van der Waals surface area contributed by atoms with Crippen LogP contribution in [0.2, 0.25) is 0 Å². The molecule has 4 aromatic rings. The fourth-order valence-corrected chi connectivity index (χ4v) is 4.04. The summed E-state index contributed by atoms with van der Waals surface area (Å²) in [5.41, 5.74) is 6.74. The fraction of sp³-hybridized carbons (Fsp3) is 0. The average Bonchev–Trinajstić information content (AvgIpc) is 3.28. The Morgan fingerprint density at radius 3 is 2.66 bits per heavy atom. The summed E-state index contributed by atoms with van der Waals surface area (Å²) < 4.78 is 5.67. The number of amides is 1. The first-order chi connectivity index (χ1) is 13.8. The number of para-hydroxylation sites is 1. The van der Waals surface area contributed by atoms with Crippen LogP contribution in [0.5, 0.6) is 5.75 Å². The van der Waals surface area contributed by atoms with E-state index in [1.54, 1.807) is 24.3 Å². The second kappa shape index (κ2) is 7.19. The molecule has 0 fully saturated rings. The molecule has 0 aliphatic heterocycles. The van der Waals surface area contributed by atoms with Crippen LogP contribution in [0.1, 0.15) is 20.7 Å². The number of carboxylic acids is 1. The molecule has 2 aromatic carbocycles. The second-order valence-electron chi connectivity index (χ2n) is 6.19. The number of thiophene rings is 1. The van der Waals surface area contributed by atoms with Gasteiger partial charge >= 0.3 is 5.97 Å². The quantitative estimate of drug-likeness (QED) is 0.238. The third kappa shape index (κ3) is 3.41. The van der Waals surface area contributed by atoms with Crippen molar-refractivity contribution in [3.63, 3.8) is 0 Å². The standard InChI is InChI=1S/C20H14N2O5S2/c21-11-5-4-10(7-15(11)28)19(24)22-12-8-29-18(16(12)20(25)26)14-6-9-2-1-3-13(23)17(9)27-14/h1-8,23,28H,21H2,(H,22,24)(H,25,26). The van der Waals surface area contributed by atoms with Crippen LogP contribution in [0, 0.1) is 0 Å². The van der Waals surface area contributed by atoms with Crippen molar-refractivity contribution in [2.45, 2.75) is 4.90 Å². The van der Waals surface area contributed by atoms with E-state index in [4.69, 9.17) is 10.2 Å². The maximum absolute atomic E-state index is 12.6. The minimum Gasteiger partial charge on any atom is -0.504 e. The molecule has 0 radical (unpaired) electrons. The summed E-state index contributed by atoms with van der Waals surface area (Å²) >= 11 is 5.31. The Morgan fingerprint density at radius 2 is 1.97 bits per heavy atom. The molecule has 1 amide bonds. The Kier molecular flexibility index (Phi) is 4.69. The van der Waals surface area contributed by atoms with E-state index >= 15 is 0 Å². The van der Waals surface area contributed by atoms with Crippen molar-refractivity contribution in [2.75, 3.05) is 11.1 Å². The molecule has 2 heterocycles. The number of carboxylic acid groups (broad SMARTS) is 1. The largest absolute Gasteiger partial charge is 0.504 e. The van der Waals surface area contributed by atoms with E-state index in [-0.39, 0.29) is 28.3 Å². The van der Waals surface area contributed by atoms with Crippen molar-refractivity contribution in [1.29, 1.82) is 0 Å². The van der Waals surface area contributed by atoms with E-state index in [0.29, 0.717) is 26.4 Å². The number of rotatable bonds is 4. The van der Waals surface area contributed by atoms with Gasteiger partial charge in [-0.3, -0.25) is 4.79 Å². The number of aromatic hydroxyl groups is 1. The highest BCUT2D eigenvalue weighted by molar-refractivity contribution is 7.80. The lowest BCUT2D eigenvalue weighted by molar-refractivity contribution is 0.0699. The number of phenolic OH excluding ortho intramolecular Hbond substituents is 1. The first-order valence-electron chi connectivity index (χ1n) is 8.31. The van der Waals surface area contributed by atoms with E-state index in [2.05, 4.69) is 17.9 Å². The molecule has 2 aromatic heterocycles. The molecule has 0 unspecified atom stereocenters. The number of furan rings is 1. The maximum Gasteiger partial charge on any atom is 0.339 e. The Hall–Kier alpha value is -3.43. The molecule has 29 heavy (non-hydrogen) atoms. The maximum atomic E-state index is 12.6. The van der Waals surface area contributed by atoms with Crippen LogP contribution in [0.4, 0.5) is 11.4 Å². The topological polar surface area (TPSA) is 126 Å². The minimum atomic E-state index is -1.21. The lowest BCUT2D eigenvalue weighted by Gasteiger charge is -2.07. The number of thiol groups is 1. The summed E-state index contributed by atoms with van der Waals surface area (Å²) in [6, 6.07) is 11.1. The van der Waals surface area contributed by atoms with E-state index in [0.717, 1.165) is 11.3 Å². The smallest absolute Gasteiger partial charge is 0.339 e. The van der Waals surface area contributed by atoms with Crippen molar-refractivity contribution in [1.82, 2.24) is 0 Å². The number of carbonyl (C=O) groups excluding carboxylic acids is 1. The molecule has 5 N–H and O–H groups in total. The van der Waals surface area contributed by atoms with Gasteiger partial charge < -0.3 is 25.7 Å². The zero-order valence-electron chi connectivity index (χ0n) is 14.7. The normalized spacial score (nSPS) is 10.9. The summed E-state index contributed by atoms with van der Waals surface area (Å²) in [6.45, 7) is 0. The first-order valence-corrected chi connectivity index (χ1v) is 9.64. The van der Waals surface area contributed by atoms with Crippen molar-refractivity contribution < 1.29 is 24.2 Å². The van der Waals surface area contributed by atoms with Gasteiger partial charge in [0.05, 0.1) is 10.6 Å². The second-order valence-corrected chi connectivity index (χ2v) is 7.55. The molecule has 9 heteroatoms. The number of nitrogens with two attached hydrogens (primary N) is 1. The monoisotopic (exact) mass is 426 g/mol. The summed E-state index contributed by atoms with van der Waals surface area (Å²) in [5.74, 6) is -1.46. The fourth-order valence-electron chi connectivity index (χ4n) is 2.88. The summed E-state index contributed by atoms with van der Waals surface area (Å²) in [4.78, 5) is 25.2. The number of fused-ring (bicyclic) bond motifs is 1. The number of phenols is 1. The van der Waals surface area contributed by atoms with E-state index < -0.39 is 11.9 Å². The zero-order valence-corrected chi connectivity index (χ0v) is 16.4. The highest BCUT2D eigenvalue weighted by Crippen LogP contribution is 2.40. The number of anilines is 2. The SMILES string of the molecule is Nc1ccc(C(=O)Nc2csc(-c3cc4cccc(O)c4o3)c2C(=O)O)cc1S. The number of nitrogens with one attached hydrogen (secondary N) is 1. The molecule has 0 aliphatic rings. The first kappa shape index (κ1) is 18.9. The molecule has 7 nitrogen and oxygen atoms in total. The number of hydrogen-bond donors (Lipinski definition) is 5. The third-order valence-corrected chi connectivity index (χ3v) is 5.67. The molecule has 0 saturated heterocycles. The van der Waals surface area contributed by atoms with Crippen molar-refractivity contribution >= 4 is 58.2 Å². The molecule has 0 atom stereocenters. The van der Waals surface area contributed by atoms with Gasteiger partial charge in [0, 0.05) is 26.9 Å². The van der Waals surface area contributed by atoms with Gasteiger partial charge in [-0.1, -0.05) is 12.1 Å². The average molecular weight is 426 g/mol. The van der Waals surface area contributed by atoms with Crippen molar-refractivity contribution in [3.8, 4) is 16.4 Å². The van der Waals surface area contributed by atoms with Crippen molar-refractivity contribution in [2.24, 2.45) is 0 Å². The van der Waals surface area contributed by atoms with Crippen LogP contribution in [-0.4, -0.2) is 22.1 Å². The molecular formula is C20H14N2O5S2. The zero-order chi connectivity index (χ0) is 20.7. The number of nitrogen functional groups attached to an aromatic ring is 1. The number of aromatic carboxylic acids is 1. The Bertz CT molecular complexity index is 1280. The van der Waals surface area contributed by atoms with Crippen LogP contribution < -0.4 is 11.1 Å². The van der Waals surface area contributed by atoms with Crippen LogP contribution >= 0.6 is 24.0 Å². The van der Waals surface area contributed by atoms with Gasteiger partial charge in [-0.15, -0.1) is 24.0 Å². The molecular weight excluding hydrogens is 412 g/mol. The van der Waals surface area contributed by atoms with Crippen LogP contribution in [0.3, 0.4) is 0 Å². The van der Waals surface area contributed by atoms with Crippen LogP contribution in [0.15, 0.2) is 57.2 Å². The number of carbonyl (C=O) groups is 2. The van der Waals surface area contributed by atoms with Gasteiger partial charge in [-0.05, 0) is 30.3 Å². The third-order valence-electron chi connectivity index (χ3n) is 4.29. The Morgan fingerprint density at radius 1 is 1.17 bits per heavy atom. The van der Waals surface area contributed by atoms with E-state index in [1.807, 2.05) is 0 Å².